The highest BCUT2D eigenvalue weighted by atomic mass is 14.0. The van der Waals surface area contributed by atoms with E-state index in [2.05, 4.69) is 30.0 Å². The van der Waals surface area contributed by atoms with Crippen molar-refractivity contribution in [1.82, 2.24) is 0 Å². The number of hydrogen-bond acceptors (Lipinski definition) is 0. The zero-order chi connectivity index (χ0) is 13.6. The first-order chi connectivity index (χ1) is 9.93. The Labute approximate surface area is 119 Å². The van der Waals surface area contributed by atoms with Crippen molar-refractivity contribution >= 4 is 0 Å². The normalized spacial score (nSPS) is 9.60. The van der Waals surface area contributed by atoms with Crippen molar-refractivity contribution in [2.45, 2.75) is 0 Å². The molecule has 0 heteroatoms. The number of benzene rings is 3. The largest absolute Gasteiger partial charge is 0.0622 e. The molecule has 0 spiro atoms. The van der Waals surface area contributed by atoms with Crippen LogP contribution in [0, 0.1) is 17.9 Å². The van der Waals surface area contributed by atoms with E-state index in [4.69, 9.17) is 0 Å². The number of rotatable bonds is 1. The Kier molecular flexibility index (Phi) is 3.62. The second-order valence-corrected chi connectivity index (χ2v) is 4.44. The van der Waals surface area contributed by atoms with Gasteiger partial charge in [0.25, 0.3) is 0 Å². The molecule has 0 N–H and O–H groups in total. The Morgan fingerprint density at radius 3 is 2.10 bits per heavy atom. The van der Waals surface area contributed by atoms with Crippen LogP contribution in [-0.4, -0.2) is 0 Å². The minimum absolute atomic E-state index is 1.00. The van der Waals surface area contributed by atoms with Crippen molar-refractivity contribution in [2.75, 3.05) is 0 Å². The molecule has 0 atom stereocenters. The van der Waals surface area contributed by atoms with Crippen LogP contribution in [0.5, 0.6) is 0 Å². The maximum Gasteiger partial charge on any atom is 0.0333 e. The van der Waals surface area contributed by atoms with E-state index in [1.54, 1.807) is 0 Å². The van der Waals surface area contributed by atoms with E-state index < -0.39 is 0 Å². The predicted octanol–water partition coefficient (Wildman–Crippen LogP) is 4.55. The standard InChI is InChI=1S/C20H13/c1-3-9-17(10-4-1)15-16-19-13-7-8-14-20(19)18-11-5-2-6-12-18/h1-13H. The van der Waals surface area contributed by atoms with E-state index in [1.807, 2.05) is 66.7 Å². The van der Waals surface area contributed by atoms with Gasteiger partial charge in [-0.1, -0.05) is 72.5 Å². The van der Waals surface area contributed by atoms with Gasteiger partial charge in [-0.05, 0) is 29.8 Å². The molecule has 0 bridgehead atoms. The van der Waals surface area contributed by atoms with Crippen LogP contribution in [0.2, 0.25) is 0 Å². The average molecular weight is 253 g/mol. The first-order valence-electron chi connectivity index (χ1n) is 6.57. The van der Waals surface area contributed by atoms with Gasteiger partial charge >= 0.3 is 0 Å². The maximum atomic E-state index is 3.29. The first-order valence-corrected chi connectivity index (χ1v) is 6.57. The van der Waals surface area contributed by atoms with Gasteiger partial charge in [0.2, 0.25) is 0 Å². The third-order valence-corrected chi connectivity index (χ3v) is 3.03. The van der Waals surface area contributed by atoms with Crippen molar-refractivity contribution in [2.24, 2.45) is 0 Å². The predicted molar refractivity (Wildman–Crippen MR) is 83.1 cm³/mol. The fourth-order valence-electron chi connectivity index (χ4n) is 2.05. The summed E-state index contributed by atoms with van der Waals surface area (Å²) in [7, 11) is 0. The molecule has 0 saturated heterocycles. The molecule has 0 amide bonds. The van der Waals surface area contributed by atoms with E-state index in [0.717, 1.165) is 22.3 Å². The second kappa shape index (κ2) is 5.91. The van der Waals surface area contributed by atoms with E-state index in [1.165, 1.54) is 0 Å². The summed E-state index contributed by atoms with van der Waals surface area (Å²) in [4.78, 5) is 0. The summed E-state index contributed by atoms with van der Waals surface area (Å²) in [5, 5.41) is 0. The third-order valence-electron chi connectivity index (χ3n) is 3.03. The zero-order valence-electron chi connectivity index (χ0n) is 11.0. The third kappa shape index (κ3) is 2.79. The molecule has 3 aromatic rings. The van der Waals surface area contributed by atoms with Gasteiger partial charge < -0.3 is 0 Å². The molecule has 0 aliphatic carbocycles. The minimum atomic E-state index is 1.00. The molecule has 0 nitrogen and oxygen atoms in total. The topological polar surface area (TPSA) is 0 Å². The zero-order valence-corrected chi connectivity index (χ0v) is 11.0. The maximum absolute atomic E-state index is 3.29. The smallest absolute Gasteiger partial charge is 0.0333 e. The first kappa shape index (κ1) is 12.3. The molecule has 3 aromatic carbocycles. The molecule has 93 valence electrons. The quantitative estimate of drug-likeness (QED) is 0.558. The van der Waals surface area contributed by atoms with Crippen molar-refractivity contribution in [1.29, 1.82) is 0 Å². The summed E-state index contributed by atoms with van der Waals surface area (Å²) in [6.07, 6.45) is 0. The summed E-state index contributed by atoms with van der Waals surface area (Å²) in [5.41, 5.74) is 4.22. The van der Waals surface area contributed by atoms with E-state index in [0.29, 0.717) is 0 Å². The van der Waals surface area contributed by atoms with Crippen LogP contribution in [-0.2, 0) is 0 Å². The van der Waals surface area contributed by atoms with Gasteiger partial charge in [0, 0.05) is 16.7 Å². The van der Waals surface area contributed by atoms with Gasteiger partial charge in [-0.3, -0.25) is 0 Å². The van der Waals surface area contributed by atoms with Gasteiger partial charge in [0.1, 0.15) is 0 Å². The van der Waals surface area contributed by atoms with Crippen molar-refractivity contribution in [3.05, 3.63) is 96.1 Å². The molecule has 0 unspecified atom stereocenters. The minimum Gasteiger partial charge on any atom is -0.0622 e. The molecule has 1 radical (unpaired) electrons. The van der Waals surface area contributed by atoms with E-state index in [9.17, 15) is 0 Å². The highest BCUT2D eigenvalue weighted by molar-refractivity contribution is 5.70. The molecule has 0 aliphatic rings. The SMILES string of the molecule is C(#Cc1ccc[c]c1-c1ccccc1)c1ccccc1. The Balaban J connectivity index is 2.02. The van der Waals surface area contributed by atoms with Crippen LogP contribution in [0.4, 0.5) is 0 Å². The Morgan fingerprint density at radius 2 is 1.35 bits per heavy atom. The van der Waals surface area contributed by atoms with Crippen LogP contribution in [0.25, 0.3) is 11.1 Å². The lowest BCUT2D eigenvalue weighted by Gasteiger charge is -2.03. The molecular formula is C20H13. The molecular weight excluding hydrogens is 240 g/mol. The van der Waals surface area contributed by atoms with Crippen molar-refractivity contribution in [3.63, 3.8) is 0 Å². The summed E-state index contributed by atoms with van der Waals surface area (Å²) in [5.74, 6) is 6.45. The number of hydrogen-bond donors (Lipinski definition) is 0. The molecule has 20 heavy (non-hydrogen) atoms. The van der Waals surface area contributed by atoms with Crippen LogP contribution in [0.1, 0.15) is 11.1 Å². The second-order valence-electron chi connectivity index (χ2n) is 4.44. The lowest BCUT2D eigenvalue weighted by molar-refractivity contribution is 1.57. The molecule has 0 heterocycles. The van der Waals surface area contributed by atoms with Gasteiger partial charge in [-0.2, -0.15) is 0 Å². The Bertz CT molecular complexity index is 744. The van der Waals surface area contributed by atoms with Gasteiger partial charge in [0.05, 0.1) is 0 Å². The lowest BCUT2D eigenvalue weighted by Crippen LogP contribution is -1.84. The van der Waals surface area contributed by atoms with Gasteiger partial charge in [-0.15, -0.1) is 0 Å². The van der Waals surface area contributed by atoms with E-state index >= 15 is 0 Å². The van der Waals surface area contributed by atoms with Crippen LogP contribution in [0.3, 0.4) is 0 Å². The van der Waals surface area contributed by atoms with Crippen LogP contribution in [0.15, 0.2) is 78.9 Å². The van der Waals surface area contributed by atoms with Crippen molar-refractivity contribution in [3.8, 4) is 23.0 Å². The summed E-state index contributed by atoms with van der Waals surface area (Å²) in [6.45, 7) is 0. The molecule has 0 aromatic heterocycles. The molecule has 0 fully saturated rings. The average Bonchev–Trinajstić information content (AvgIpc) is 2.55. The Hall–Kier alpha value is -2.78. The fraction of sp³-hybridized carbons (Fsp3) is 0. The van der Waals surface area contributed by atoms with Crippen molar-refractivity contribution < 1.29 is 0 Å². The lowest BCUT2D eigenvalue weighted by atomic mass is 10.00. The fourth-order valence-corrected chi connectivity index (χ4v) is 2.05. The van der Waals surface area contributed by atoms with Crippen LogP contribution >= 0.6 is 0 Å². The van der Waals surface area contributed by atoms with Gasteiger partial charge in [-0.25, -0.2) is 0 Å². The molecule has 0 saturated carbocycles. The summed E-state index contributed by atoms with van der Waals surface area (Å²) >= 11 is 0. The van der Waals surface area contributed by atoms with Gasteiger partial charge in [0.15, 0.2) is 0 Å². The molecule has 0 aliphatic heterocycles. The highest BCUT2D eigenvalue weighted by Crippen LogP contribution is 2.22. The Morgan fingerprint density at radius 1 is 0.650 bits per heavy atom. The van der Waals surface area contributed by atoms with Crippen LogP contribution < -0.4 is 0 Å². The summed E-state index contributed by atoms with van der Waals surface area (Å²) < 4.78 is 0. The molecule has 3 rings (SSSR count). The monoisotopic (exact) mass is 253 g/mol. The van der Waals surface area contributed by atoms with E-state index in [-0.39, 0.29) is 0 Å². The highest BCUT2D eigenvalue weighted by Gasteiger charge is 2.01. The summed E-state index contributed by atoms with van der Waals surface area (Å²) in [6, 6.07) is 29.5.